The largest absolute Gasteiger partial charge is 0.350 e. The molecule has 2 saturated heterocycles. The van der Waals surface area contributed by atoms with E-state index in [1.807, 2.05) is 4.90 Å². The highest BCUT2D eigenvalue weighted by atomic mass is 19.2. The van der Waals surface area contributed by atoms with Gasteiger partial charge in [-0.05, 0) is 0 Å². The van der Waals surface area contributed by atoms with Gasteiger partial charge < -0.3 is 14.7 Å². The van der Waals surface area contributed by atoms with Gasteiger partial charge in [0, 0.05) is 26.2 Å². The molecule has 0 N–H and O–H groups in total. The third-order valence-electron chi connectivity index (χ3n) is 3.93. The minimum atomic E-state index is -1.48. The van der Waals surface area contributed by atoms with Crippen LogP contribution < -0.4 is 9.80 Å². The molecule has 1 aromatic rings. The number of rotatable bonds is 2. The number of carbonyl (C=O) groups excluding carboxylic acids is 1. The van der Waals surface area contributed by atoms with Gasteiger partial charge in [0.25, 0.3) is 0 Å². The highest BCUT2D eigenvalue weighted by Gasteiger charge is 2.34. The quantitative estimate of drug-likeness (QED) is 0.783. The van der Waals surface area contributed by atoms with E-state index in [1.54, 1.807) is 22.9 Å². The predicted octanol–water partition coefficient (Wildman–Crippen LogP) is 0.251. The van der Waals surface area contributed by atoms with Gasteiger partial charge in [0.1, 0.15) is 18.0 Å². The SMILES string of the molecule is CN1CCN(c2cc(N3C[C@@H](F)[C@@H](F)C3)ncn2)CC1=O. The number of nitrogens with zero attached hydrogens (tertiary/aromatic N) is 5. The van der Waals surface area contributed by atoms with Gasteiger partial charge >= 0.3 is 0 Å². The summed E-state index contributed by atoms with van der Waals surface area (Å²) in [6.45, 7) is 1.56. The lowest BCUT2D eigenvalue weighted by Crippen LogP contribution is -2.48. The van der Waals surface area contributed by atoms with Gasteiger partial charge in [0.15, 0.2) is 12.3 Å². The van der Waals surface area contributed by atoms with Crippen molar-refractivity contribution < 1.29 is 13.6 Å². The summed E-state index contributed by atoms with van der Waals surface area (Å²) in [7, 11) is 1.76. The summed E-state index contributed by atoms with van der Waals surface area (Å²) in [5.74, 6) is 1.13. The first-order valence-electron chi connectivity index (χ1n) is 6.88. The molecule has 114 valence electrons. The minimum absolute atomic E-state index is 0.000706. The fraction of sp³-hybridized carbons (Fsp3) is 0.615. The topological polar surface area (TPSA) is 52.6 Å². The van der Waals surface area contributed by atoms with Crippen molar-refractivity contribution in [3.63, 3.8) is 0 Å². The van der Waals surface area contributed by atoms with Crippen molar-refractivity contribution in [3.8, 4) is 0 Å². The molecule has 2 fully saturated rings. The van der Waals surface area contributed by atoms with Gasteiger partial charge in [-0.3, -0.25) is 4.79 Å². The molecule has 21 heavy (non-hydrogen) atoms. The van der Waals surface area contributed by atoms with E-state index >= 15 is 0 Å². The van der Waals surface area contributed by atoms with Crippen LogP contribution in [0.5, 0.6) is 0 Å². The summed E-state index contributed by atoms with van der Waals surface area (Å²) in [6.07, 6.45) is -1.59. The number of hydrogen-bond donors (Lipinski definition) is 0. The number of amides is 1. The average molecular weight is 297 g/mol. The van der Waals surface area contributed by atoms with Crippen LogP contribution in [0.1, 0.15) is 0 Å². The standard InChI is InChI=1S/C13H17F2N5O/c1-18-2-3-19(7-13(18)21)11-4-12(17-8-16-11)20-5-9(14)10(15)6-20/h4,8-10H,2-3,5-7H2,1H3/t9-,10+. The predicted molar refractivity (Wildman–Crippen MR) is 73.9 cm³/mol. The Morgan fingerprint density at radius 1 is 1.10 bits per heavy atom. The Morgan fingerprint density at radius 3 is 2.33 bits per heavy atom. The second-order valence-corrected chi connectivity index (χ2v) is 5.41. The molecular formula is C13H17F2N5O. The number of carbonyl (C=O) groups is 1. The Labute approximate surface area is 121 Å². The Bertz CT molecular complexity index is 533. The van der Waals surface area contributed by atoms with Crippen molar-refractivity contribution in [2.75, 3.05) is 49.6 Å². The van der Waals surface area contributed by atoms with Crippen molar-refractivity contribution in [1.29, 1.82) is 0 Å². The van der Waals surface area contributed by atoms with Gasteiger partial charge in [-0.2, -0.15) is 0 Å². The number of hydrogen-bond acceptors (Lipinski definition) is 5. The Hall–Kier alpha value is -1.99. The molecule has 3 heterocycles. The number of anilines is 2. The molecule has 1 amide bonds. The first-order chi connectivity index (χ1) is 10.0. The maximum Gasteiger partial charge on any atom is 0.241 e. The molecule has 0 unspecified atom stereocenters. The van der Waals surface area contributed by atoms with Crippen LogP contribution in [0.25, 0.3) is 0 Å². The second-order valence-electron chi connectivity index (χ2n) is 5.41. The maximum atomic E-state index is 13.3. The van der Waals surface area contributed by atoms with Crippen LogP contribution in [0.2, 0.25) is 0 Å². The van der Waals surface area contributed by atoms with Crippen molar-refractivity contribution in [2.45, 2.75) is 12.3 Å². The smallest absolute Gasteiger partial charge is 0.241 e. The van der Waals surface area contributed by atoms with E-state index in [0.29, 0.717) is 24.7 Å². The van der Waals surface area contributed by atoms with Gasteiger partial charge in [-0.1, -0.05) is 0 Å². The molecule has 2 aliphatic rings. The summed E-state index contributed by atoms with van der Waals surface area (Å²) in [5.41, 5.74) is 0. The van der Waals surface area contributed by atoms with Gasteiger partial charge in [-0.15, -0.1) is 0 Å². The van der Waals surface area contributed by atoms with Crippen molar-refractivity contribution in [1.82, 2.24) is 14.9 Å². The molecule has 0 radical (unpaired) electrons. The van der Waals surface area contributed by atoms with Crippen LogP contribution in [0, 0.1) is 0 Å². The molecule has 1 aromatic heterocycles. The van der Waals surface area contributed by atoms with Crippen LogP contribution >= 0.6 is 0 Å². The third kappa shape index (κ3) is 2.74. The highest BCUT2D eigenvalue weighted by molar-refractivity contribution is 5.82. The normalized spacial score (nSPS) is 26.6. The van der Waals surface area contributed by atoms with Crippen molar-refractivity contribution >= 4 is 17.5 Å². The van der Waals surface area contributed by atoms with E-state index in [9.17, 15) is 13.6 Å². The maximum absolute atomic E-state index is 13.3. The lowest BCUT2D eigenvalue weighted by Gasteiger charge is -2.33. The summed E-state index contributed by atoms with van der Waals surface area (Å²) in [5, 5.41) is 0. The lowest BCUT2D eigenvalue weighted by molar-refractivity contribution is -0.129. The van der Waals surface area contributed by atoms with Gasteiger partial charge in [0.2, 0.25) is 5.91 Å². The number of aromatic nitrogens is 2. The lowest BCUT2D eigenvalue weighted by atomic mass is 10.3. The molecule has 0 aromatic carbocycles. The van der Waals surface area contributed by atoms with Crippen molar-refractivity contribution in [2.24, 2.45) is 0 Å². The molecule has 2 atom stereocenters. The van der Waals surface area contributed by atoms with Crippen LogP contribution in [0.4, 0.5) is 20.4 Å². The average Bonchev–Trinajstić information content (AvgIpc) is 2.82. The summed E-state index contributed by atoms with van der Waals surface area (Å²) in [6, 6.07) is 1.68. The highest BCUT2D eigenvalue weighted by Crippen LogP contribution is 2.24. The zero-order valence-electron chi connectivity index (χ0n) is 11.7. The van der Waals surface area contributed by atoms with Crippen LogP contribution in [-0.2, 0) is 4.79 Å². The van der Waals surface area contributed by atoms with Crippen molar-refractivity contribution in [3.05, 3.63) is 12.4 Å². The molecule has 0 aliphatic carbocycles. The van der Waals surface area contributed by atoms with E-state index in [4.69, 9.17) is 0 Å². The minimum Gasteiger partial charge on any atom is -0.350 e. The Kier molecular flexibility index (Phi) is 3.60. The van der Waals surface area contributed by atoms with Gasteiger partial charge in [-0.25, -0.2) is 18.7 Å². The van der Waals surface area contributed by atoms with E-state index in [0.717, 1.165) is 0 Å². The molecular weight excluding hydrogens is 280 g/mol. The van der Waals surface area contributed by atoms with Crippen LogP contribution in [0.3, 0.4) is 0 Å². The molecule has 0 bridgehead atoms. The van der Waals surface area contributed by atoms with Gasteiger partial charge in [0.05, 0.1) is 19.6 Å². The Morgan fingerprint density at radius 2 is 1.71 bits per heavy atom. The van der Waals surface area contributed by atoms with E-state index in [-0.39, 0.29) is 25.5 Å². The Balaban J connectivity index is 1.76. The molecule has 6 nitrogen and oxygen atoms in total. The second kappa shape index (κ2) is 5.42. The molecule has 3 rings (SSSR count). The van der Waals surface area contributed by atoms with E-state index < -0.39 is 12.3 Å². The first-order valence-corrected chi connectivity index (χ1v) is 6.88. The summed E-state index contributed by atoms with van der Waals surface area (Å²) < 4.78 is 26.6. The zero-order valence-corrected chi connectivity index (χ0v) is 11.7. The van der Waals surface area contributed by atoms with E-state index in [2.05, 4.69) is 9.97 Å². The van der Waals surface area contributed by atoms with Crippen LogP contribution in [-0.4, -0.2) is 72.9 Å². The monoisotopic (exact) mass is 297 g/mol. The zero-order chi connectivity index (χ0) is 15.0. The number of piperazine rings is 1. The molecule has 0 spiro atoms. The fourth-order valence-electron chi connectivity index (χ4n) is 2.55. The van der Waals surface area contributed by atoms with Crippen LogP contribution in [0.15, 0.2) is 12.4 Å². The number of alkyl halides is 2. The summed E-state index contributed by atoms with van der Waals surface area (Å²) in [4.78, 5) is 25.1. The third-order valence-corrected chi connectivity index (χ3v) is 3.93. The number of halogens is 2. The van der Waals surface area contributed by atoms with E-state index in [1.165, 1.54) is 6.33 Å². The molecule has 8 heteroatoms. The molecule has 2 aliphatic heterocycles. The number of likely N-dealkylation sites (N-methyl/N-ethyl adjacent to an activating group) is 1. The first kappa shape index (κ1) is 14.0. The summed E-state index contributed by atoms with van der Waals surface area (Å²) >= 11 is 0. The molecule has 0 saturated carbocycles. The fourth-order valence-corrected chi connectivity index (χ4v) is 2.55.